The van der Waals surface area contributed by atoms with Gasteiger partial charge < -0.3 is 15.0 Å². The molecule has 1 saturated heterocycles. The van der Waals surface area contributed by atoms with Gasteiger partial charge in [0.25, 0.3) is 0 Å². The third-order valence-corrected chi connectivity index (χ3v) is 3.50. The minimum atomic E-state index is -0.370. The van der Waals surface area contributed by atoms with E-state index in [9.17, 15) is 9.59 Å². The Kier molecular flexibility index (Phi) is 5.14. The van der Waals surface area contributed by atoms with Crippen molar-refractivity contribution in [3.63, 3.8) is 0 Å². The molecule has 1 rings (SSSR count). The van der Waals surface area contributed by atoms with Crippen molar-refractivity contribution in [2.75, 3.05) is 20.2 Å². The third-order valence-electron chi connectivity index (χ3n) is 3.50. The highest BCUT2D eigenvalue weighted by Gasteiger charge is 2.29. The topological polar surface area (TPSA) is 58.6 Å². The number of ether oxygens (including phenoxy) is 1. The summed E-state index contributed by atoms with van der Waals surface area (Å²) in [5.41, 5.74) is -0.244. The summed E-state index contributed by atoms with van der Waals surface area (Å²) in [6.45, 7) is 7.03. The van der Waals surface area contributed by atoms with Crippen molar-refractivity contribution in [3.8, 4) is 0 Å². The third kappa shape index (κ3) is 3.98. The first kappa shape index (κ1) is 15.0. The Morgan fingerprint density at radius 1 is 1.44 bits per heavy atom. The van der Waals surface area contributed by atoms with Crippen LogP contribution >= 0.6 is 0 Å². The summed E-state index contributed by atoms with van der Waals surface area (Å²) < 4.78 is 5.35. The Bertz CT molecular complexity index is 315. The Morgan fingerprint density at radius 3 is 2.67 bits per heavy atom. The van der Waals surface area contributed by atoms with E-state index in [-0.39, 0.29) is 23.5 Å². The largest absolute Gasteiger partial charge is 0.379 e. The number of carbonyl (C=O) groups is 2. The van der Waals surface area contributed by atoms with Crippen LogP contribution in [-0.2, 0) is 14.3 Å². The predicted molar refractivity (Wildman–Crippen MR) is 69.1 cm³/mol. The van der Waals surface area contributed by atoms with Crippen LogP contribution in [0.3, 0.4) is 0 Å². The fraction of sp³-hybridized carbons (Fsp3) is 0.846. The summed E-state index contributed by atoms with van der Waals surface area (Å²) in [5, 5.41) is 2.76. The van der Waals surface area contributed by atoms with Gasteiger partial charge in [0, 0.05) is 26.6 Å². The zero-order chi connectivity index (χ0) is 13.8. The lowest BCUT2D eigenvalue weighted by Crippen LogP contribution is -2.45. The van der Waals surface area contributed by atoms with Crippen LogP contribution in [0.2, 0.25) is 0 Å². The molecule has 1 aliphatic rings. The van der Waals surface area contributed by atoms with Gasteiger partial charge in [-0.1, -0.05) is 6.92 Å². The minimum Gasteiger partial charge on any atom is -0.379 e. The molecule has 104 valence electrons. The number of hydrogen-bond donors (Lipinski definition) is 1. The first-order valence-corrected chi connectivity index (χ1v) is 6.53. The molecule has 5 nitrogen and oxygen atoms in total. The lowest BCUT2D eigenvalue weighted by Gasteiger charge is -2.28. The zero-order valence-electron chi connectivity index (χ0n) is 11.8. The van der Waals surface area contributed by atoms with E-state index in [2.05, 4.69) is 5.32 Å². The Labute approximate surface area is 109 Å². The van der Waals surface area contributed by atoms with Crippen molar-refractivity contribution >= 4 is 11.8 Å². The quantitative estimate of drug-likeness (QED) is 0.796. The predicted octanol–water partition coefficient (Wildman–Crippen LogP) is 0.929. The van der Waals surface area contributed by atoms with Gasteiger partial charge in [-0.25, -0.2) is 0 Å². The molecule has 1 aliphatic heterocycles. The number of carbonyl (C=O) groups excluding carboxylic acids is 2. The van der Waals surface area contributed by atoms with Gasteiger partial charge in [0.1, 0.15) is 6.04 Å². The first-order valence-electron chi connectivity index (χ1n) is 6.53. The highest BCUT2D eigenvalue weighted by atomic mass is 16.5. The molecule has 5 heteroatoms. The first-order chi connectivity index (χ1) is 8.39. The van der Waals surface area contributed by atoms with E-state index in [0.717, 1.165) is 6.42 Å². The van der Waals surface area contributed by atoms with Gasteiger partial charge in [-0.2, -0.15) is 0 Å². The van der Waals surface area contributed by atoms with E-state index in [4.69, 9.17) is 4.74 Å². The molecule has 0 aliphatic carbocycles. The Hall–Kier alpha value is -1.10. The van der Waals surface area contributed by atoms with Gasteiger partial charge in [-0.3, -0.25) is 9.59 Å². The molecule has 0 spiro atoms. The second-order valence-corrected chi connectivity index (χ2v) is 5.32. The summed E-state index contributed by atoms with van der Waals surface area (Å²) >= 11 is 0. The van der Waals surface area contributed by atoms with E-state index in [0.29, 0.717) is 25.9 Å². The second kappa shape index (κ2) is 6.18. The van der Waals surface area contributed by atoms with Crippen molar-refractivity contribution in [3.05, 3.63) is 0 Å². The average Bonchev–Trinajstić information content (AvgIpc) is 2.47. The summed E-state index contributed by atoms with van der Waals surface area (Å²) in [5.74, 6) is -0.0149. The molecule has 1 fully saturated rings. The van der Waals surface area contributed by atoms with E-state index in [1.54, 1.807) is 12.0 Å². The molecule has 0 aromatic rings. The second-order valence-electron chi connectivity index (χ2n) is 5.32. The summed E-state index contributed by atoms with van der Waals surface area (Å²) in [6, 6.07) is -0.370. The van der Waals surface area contributed by atoms with Crippen LogP contribution in [-0.4, -0.2) is 48.6 Å². The average molecular weight is 256 g/mol. The number of nitrogens with one attached hydrogen (secondary N) is 1. The smallest absolute Gasteiger partial charge is 0.245 e. The molecular formula is C13H24N2O3. The lowest BCUT2D eigenvalue weighted by atomic mass is 10.0. The van der Waals surface area contributed by atoms with E-state index in [1.165, 1.54) is 0 Å². The summed E-state index contributed by atoms with van der Waals surface area (Å²) in [6.07, 6.45) is 1.78. The van der Waals surface area contributed by atoms with Crippen LogP contribution in [0.5, 0.6) is 0 Å². The van der Waals surface area contributed by atoms with E-state index in [1.807, 2.05) is 20.8 Å². The number of hydrogen-bond acceptors (Lipinski definition) is 3. The van der Waals surface area contributed by atoms with Crippen molar-refractivity contribution in [1.29, 1.82) is 0 Å². The normalized spacial score (nSPS) is 21.8. The van der Waals surface area contributed by atoms with Gasteiger partial charge in [-0.05, 0) is 26.7 Å². The number of methoxy groups -OCH3 is 1. The summed E-state index contributed by atoms with van der Waals surface area (Å²) in [4.78, 5) is 25.5. The maximum atomic E-state index is 12.2. The van der Waals surface area contributed by atoms with Gasteiger partial charge in [0.15, 0.2) is 0 Å². The molecule has 0 aromatic carbocycles. The van der Waals surface area contributed by atoms with Crippen LogP contribution < -0.4 is 5.32 Å². The Balaban J connectivity index is 2.63. The monoisotopic (exact) mass is 256 g/mol. The van der Waals surface area contributed by atoms with Gasteiger partial charge in [0.05, 0.1) is 5.60 Å². The van der Waals surface area contributed by atoms with E-state index < -0.39 is 0 Å². The minimum absolute atomic E-state index is 0.0234. The molecular weight excluding hydrogens is 232 g/mol. The van der Waals surface area contributed by atoms with Crippen LogP contribution in [0.1, 0.15) is 40.0 Å². The fourth-order valence-electron chi connectivity index (χ4n) is 1.90. The van der Waals surface area contributed by atoms with Gasteiger partial charge in [-0.15, -0.1) is 0 Å². The molecule has 1 heterocycles. The van der Waals surface area contributed by atoms with Gasteiger partial charge in [0.2, 0.25) is 11.8 Å². The maximum Gasteiger partial charge on any atom is 0.245 e. The van der Waals surface area contributed by atoms with Crippen molar-refractivity contribution < 1.29 is 14.3 Å². The maximum absolute atomic E-state index is 12.2. The van der Waals surface area contributed by atoms with Crippen LogP contribution in [0.15, 0.2) is 0 Å². The molecule has 1 atom stereocenters. The molecule has 0 bridgehead atoms. The Morgan fingerprint density at radius 2 is 2.11 bits per heavy atom. The fourth-order valence-corrected chi connectivity index (χ4v) is 1.90. The van der Waals surface area contributed by atoms with Crippen LogP contribution in [0.4, 0.5) is 0 Å². The number of amides is 2. The van der Waals surface area contributed by atoms with Crippen LogP contribution in [0, 0.1) is 0 Å². The standard InChI is InChI=1S/C13H24N2O3/c1-5-10-12(17)15(8-6-11(16)14-10)9-7-13(2,3)18-4/h10H,5-9H2,1-4H3,(H,14,16). The molecule has 1 N–H and O–H groups in total. The summed E-state index contributed by atoms with van der Waals surface area (Å²) in [7, 11) is 1.67. The highest BCUT2D eigenvalue weighted by Crippen LogP contribution is 2.15. The SMILES string of the molecule is CCC1NC(=O)CCN(CCC(C)(C)OC)C1=O. The molecule has 2 amide bonds. The molecule has 1 unspecified atom stereocenters. The van der Waals surface area contributed by atoms with Crippen molar-refractivity contribution in [1.82, 2.24) is 10.2 Å². The van der Waals surface area contributed by atoms with Crippen molar-refractivity contribution in [2.24, 2.45) is 0 Å². The number of rotatable bonds is 5. The van der Waals surface area contributed by atoms with Crippen molar-refractivity contribution in [2.45, 2.75) is 51.7 Å². The molecule has 0 radical (unpaired) electrons. The molecule has 0 aromatic heterocycles. The highest BCUT2D eigenvalue weighted by molar-refractivity contribution is 5.89. The molecule has 0 saturated carbocycles. The van der Waals surface area contributed by atoms with Crippen LogP contribution in [0.25, 0.3) is 0 Å². The zero-order valence-corrected chi connectivity index (χ0v) is 11.8. The van der Waals surface area contributed by atoms with Gasteiger partial charge >= 0.3 is 0 Å². The van der Waals surface area contributed by atoms with E-state index >= 15 is 0 Å². The number of nitrogens with zero attached hydrogens (tertiary/aromatic N) is 1. The lowest BCUT2D eigenvalue weighted by molar-refractivity contribution is -0.134. The molecule has 18 heavy (non-hydrogen) atoms.